The summed E-state index contributed by atoms with van der Waals surface area (Å²) in [4.78, 5) is 42.1. The molecule has 0 saturated carbocycles. The Hall–Kier alpha value is -4.00. The predicted octanol–water partition coefficient (Wildman–Crippen LogP) is 3.75. The first-order valence-corrected chi connectivity index (χ1v) is 10.9. The molecule has 1 aromatic heterocycles. The van der Waals surface area contributed by atoms with Crippen molar-refractivity contribution in [2.45, 2.75) is 19.8 Å². The summed E-state index contributed by atoms with van der Waals surface area (Å²) >= 11 is 3.56. The van der Waals surface area contributed by atoms with Crippen LogP contribution in [0, 0.1) is 10.1 Å². The number of para-hydroxylation sites is 1. The smallest absolute Gasteiger partial charge is 0.410 e. The third-order valence-electron chi connectivity index (χ3n) is 4.90. The molecule has 0 aliphatic carbocycles. The molecule has 0 saturated heterocycles. The van der Waals surface area contributed by atoms with Crippen LogP contribution < -0.4 is 10.1 Å². The number of fused-ring (bicyclic) bond motifs is 1. The topological polar surface area (TPSA) is 141 Å². The lowest BCUT2D eigenvalue weighted by atomic mass is 10.2. The lowest BCUT2D eigenvalue weighted by Crippen LogP contribution is -2.42. The molecular formula is C21H19BrN6O6. The molecule has 0 spiro atoms. The van der Waals surface area contributed by atoms with E-state index in [0.29, 0.717) is 30.1 Å². The average Bonchev–Trinajstić information content (AvgIpc) is 3.29. The van der Waals surface area contributed by atoms with Gasteiger partial charge in [-0.1, -0.05) is 18.2 Å². The zero-order chi connectivity index (χ0) is 24.1. The van der Waals surface area contributed by atoms with Crippen molar-refractivity contribution in [2.75, 3.05) is 18.4 Å². The van der Waals surface area contributed by atoms with Gasteiger partial charge in [0.05, 0.1) is 22.2 Å². The Morgan fingerprint density at radius 3 is 2.88 bits per heavy atom. The van der Waals surface area contributed by atoms with Gasteiger partial charge < -0.3 is 24.5 Å². The minimum absolute atomic E-state index is 0.108. The van der Waals surface area contributed by atoms with Crippen LogP contribution in [-0.2, 0) is 16.2 Å². The van der Waals surface area contributed by atoms with Gasteiger partial charge in [0.15, 0.2) is 6.23 Å². The quantitative estimate of drug-likeness (QED) is 0.207. The molecule has 2 aromatic carbocycles. The minimum atomic E-state index is -0.963. The average molecular weight is 531 g/mol. The maximum Gasteiger partial charge on any atom is 0.515 e. The van der Waals surface area contributed by atoms with E-state index in [4.69, 9.17) is 9.47 Å². The van der Waals surface area contributed by atoms with Crippen LogP contribution in [0.15, 0.2) is 58.3 Å². The fourth-order valence-corrected chi connectivity index (χ4v) is 3.84. The highest BCUT2D eigenvalue weighted by atomic mass is 79.9. The third kappa shape index (κ3) is 5.31. The zero-order valence-corrected chi connectivity index (χ0v) is 19.5. The van der Waals surface area contributed by atoms with Gasteiger partial charge in [-0.3, -0.25) is 15.0 Å². The number of carbonyl (C=O) groups excluding carboxylic acids is 1. The monoisotopic (exact) mass is 530 g/mol. The third-order valence-corrected chi connectivity index (χ3v) is 5.70. The molecule has 0 radical (unpaired) electrons. The van der Waals surface area contributed by atoms with Crippen LogP contribution in [0.1, 0.15) is 12.5 Å². The lowest BCUT2D eigenvalue weighted by molar-refractivity contribution is -0.763. The van der Waals surface area contributed by atoms with Crippen LogP contribution in [0.2, 0.25) is 0 Å². The molecule has 1 aliphatic heterocycles. The van der Waals surface area contributed by atoms with Crippen LogP contribution in [0.4, 0.5) is 10.5 Å². The Bertz CT molecular complexity index is 1260. The molecule has 13 heteroatoms. The Labute approximate surface area is 201 Å². The fourth-order valence-electron chi connectivity index (χ4n) is 3.31. The highest BCUT2D eigenvalue weighted by Gasteiger charge is 2.27. The van der Waals surface area contributed by atoms with Crippen LogP contribution in [-0.4, -0.2) is 51.4 Å². The number of hydrogen-bond donors (Lipinski definition) is 1. The van der Waals surface area contributed by atoms with Gasteiger partial charge in [0, 0.05) is 24.5 Å². The number of carbonyl (C=O) groups is 1. The summed E-state index contributed by atoms with van der Waals surface area (Å²) < 4.78 is 11.4. The van der Waals surface area contributed by atoms with E-state index < -0.39 is 17.5 Å². The molecule has 0 amide bonds. The number of anilines is 1. The Kier molecular flexibility index (Phi) is 7.01. The Morgan fingerprint density at radius 2 is 2.06 bits per heavy atom. The summed E-state index contributed by atoms with van der Waals surface area (Å²) in [7, 11) is 0. The number of aliphatic imine (C=N–C) groups is 1. The fraction of sp³-hybridized carbons (Fsp3) is 0.238. The number of nitrogens with zero attached hydrogens (tertiary/aromatic N) is 5. The van der Waals surface area contributed by atoms with Gasteiger partial charge in [-0.05, 0) is 41.1 Å². The van der Waals surface area contributed by atoms with Crippen LogP contribution in [0.25, 0.3) is 11.0 Å². The summed E-state index contributed by atoms with van der Waals surface area (Å²) in [5.74, 6) is 0.625. The van der Waals surface area contributed by atoms with E-state index in [2.05, 4.69) is 41.0 Å². The molecule has 0 bridgehead atoms. The molecule has 1 atom stereocenters. The van der Waals surface area contributed by atoms with Crippen molar-refractivity contribution < 1.29 is 24.2 Å². The molecule has 12 nitrogen and oxygen atoms in total. The number of guanidine groups is 1. The van der Waals surface area contributed by atoms with Crippen molar-refractivity contribution in [1.82, 2.24) is 14.9 Å². The van der Waals surface area contributed by atoms with E-state index in [1.54, 1.807) is 42.4 Å². The summed E-state index contributed by atoms with van der Waals surface area (Å²) in [5, 5.41) is 12.8. The number of rotatable bonds is 7. The molecule has 2 heterocycles. The van der Waals surface area contributed by atoms with Crippen molar-refractivity contribution in [3.8, 4) is 5.75 Å². The molecule has 1 N–H and O–H groups in total. The van der Waals surface area contributed by atoms with Gasteiger partial charge in [0.25, 0.3) is 5.09 Å². The van der Waals surface area contributed by atoms with Crippen LogP contribution >= 0.6 is 15.9 Å². The SMILES string of the molecule is CC(OC(=O)Oc1ccccc1CO[N+](=O)[O-])N1CCN=C1Nc1ccc2nccnc2c1Br. The molecule has 176 valence electrons. The summed E-state index contributed by atoms with van der Waals surface area (Å²) in [6.45, 7) is 2.36. The number of ether oxygens (including phenoxy) is 2. The summed E-state index contributed by atoms with van der Waals surface area (Å²) in [5.41, 5.74) is 2.50. The largest absolute Gasteiger partial charge is 0.515 e. The molecule has 34 heavy (non-hydrogen) atoms. The van der Waals surface area contributed by atoms with Gasteiger partial charge in [-0.25, -0.2) is 4.79 Å². The first-order valence-electron chi connectivity index (χ1n) is 10.1. The van der Waals surface area contributed by atoms with Crippen molar-refractivity contribution in [3.63, 3.8) is 0 Å². The van der Waals surface area contributed by atoms with Gasteiger partial charge in [0.2, 0.25) is 5.96 Å². The zero-order valence-electron chi connectivity index (χ0n) is 17.9. The molecular weight excluding hydrogens is 512 g/mol. The lowest BCUT2D eigenvalue weighted by Gasteiger charge is -2.27. The van der Waals surface area contributed by atoms with Crippen LogP contribution in [0.5, 0.6) is 5.75 Å². The van der Waals surface area contributed by atoms with E-state index in [9.17, 15) is 14.9 Å². The molecule has 4 rings (SSSR count). The second kappa shape index (κ2) is 10.3. The molecule has 1 unspecified atom stereocenters. The van der Waals surface area contributed by atoms with Crippen molar-refractivity contribution >= 4 is 44.8 Å². The second-order valence-electron chi connectivity index (χ2n) is 7.05. The highest BCUT2D eigenvalue weighted by molar-refractivity contribution is 9.10. The van der Waals surface area contributed by atoms with Crippen molar-refractivity contribution in [3.05, 3.63) is 68.9 Å². The molecule has 3 aromatic rings. The van der Waals surface area contributed by atoms with E-state index in [0.717, 1.165) is 15.7 Å². The van der Waals surface area contributed by atoms with Crippen molar-refractivity contribution in [2.24, 2.45) is 4.99 Å². The van der Waals surface area contributed by atoms with Crippen LogP contribution in [0.3, 0.4) is 0 Å². The van der Waals surface area contributed by atoms with Gasteiger partial charge in [-0.2, -0.15) is 0 Å². The highest BCUT2D eigenvalue weighted by Crippen LogP contribution is 2.29. The van der Waals surface area contributed by atoms with Gasteiger partial charge >= 0.3 is 6.16 Å². The number of aromatic nitrogens is 2. The van der Waals surface area contributed by atoms with Crippen molar-refractivity contribution in [1.29, 1.82) is 0 Å². The normalized spacial score (nSPS) is 13.8. The minimum Gasteiger partial charge on any atom is -0.410 e. The maximum absolute atomic E-state index is 12.4. The van der Waals surface area contributed by atoms with Gasteiger partial charge in [0.1, 0.15) is 17.9 Å². The Morgan fingerprint density at radius 1 is 1.26 bits per heavy atom. The van der Waals surface area contributed by atoms with E-state index >= 15 is 0 Å². The molecule has 0 fully saturated rings. The van der Waals surface area contributed by atoms with E-state index in [-0.39, 0.29) is 12.4 Å². The first-order chi connectivity index (χ1) is 16.4. The Balaban J connectivity index is 1.40. The number of nitrogens with one attached hydrogen (secondary N) is 1. The molecule has 1 aliphatic rings. The first kappa shape index (κ1) is 23.2. The number of benzene rings is 2. The predicted molar refractivity (Wildman–Crippen MR) is 125 cm³/mol. The standard InChI is InChI=1S/C21H19BrN6O6/c1-13(33-21(29)34-17-5-3-2-4-14(17)12-32-28(30)31)27-11-10-25-20(27)26-15-6-7-16-19(18(15)22)24-9-8-23-16/h2-9,13H,10-12H2,1H3,(H,25,26). The number of halogens is 1. The van der Waals surface area contributed by atoms with Gasteiger partial charge in [-0.15, -0.1) is 10.1 Å². The van der Waals surface area contributed by atoms with E-state index in [1.165, 1.54) is 6.07 Å². The summed E-state index contributed by atoms with van der Waals surface area (Å²) in [6.07, 6.45) is 1.56. The second-order valence-corrected chi connectivity index (χ2v) is 7.84. The van der Waals surface area contributed by atoms with E-state index in [1.807, 2.05) is 12.1 Å². The summed E-state index contributed by atoms with van der Waals surface area (Å²) in [6, 6.07) is 10.0. The number of hydrogen-bond acceptors (Lipinski definition) is 11. The maximum atomic E-state index is 12.4.